The van der Waals surface area contributed by atoms with Gasteiger partial charge < -0.3 is 10.6 Å². The van der Waals surface area contributed by atoms with Gasteiger partial charge in [-0.1, -0.05) is 13.0 Å². The number of benzene rings is 1. The lowest BCUT2D eigenvalue weighted by molar-refractivity contribution is -0.115. The Morgan fingerprint density at radius 2 is 2.25 bits per heavy atom. The van der Waals surface area contributed by atoms with Gasteiger partial charge in [-0.2, -0.15) is 0 Å². The van der Waals surface area contributed by atoms with Crippen LogP contribution < -0.4 is 10.6 Å². The number of hydrogen-bond acceptors (Lipinski definition) is 2. The summed E-state index contributed by atoms with van der Waals surface area (Å²) in [6, 6.07) is 4.56. The van der Waals surface area contributed by atoms with E-state index >= 15 is 0 Å². The fourth-order valence-corrected chi connectivity index (χ4v) is 1.62. The molecule has 0 aliphatic carbocycles. The van der Waals surface area contributed by atoms with E-state index in [4.69, 9.17) is 0 Å². The second kappa shape index (κ2) is 6.60. The molecule has 0 aliphatic rings. The Morgan fingerprint density at radius 3 is 2.88 bits per heavy atom. The lowest BCUT2D eigenvalue weighted by atomic mass is 10.3. The van der Waals surface area contributed by atoms with Gasteiger partial charge >= 0.3 is 0 Å². The van der Waals surface area contributed by atoms with E-state index in [0.717, 1.165) is 13.0 Å². The zero-order chi connectivity index (χ0) is 12.0. The lowest BCUT2D eigenvalue weighted by Gasteiger charge is -2.08. The van der Waals surface area contributed by atoms with Crippen LogP contribution in [0.3, 0.4) is 0 Å². The summed E-state index contributed by atoms with van der Waals surface area (Å²) in [5.74, 6) is -0.697. The van der Waals surface area contributed by atoms with Crippen molar-refractivity contribution in [2.45, 2.75) is 13.3 Å². The van der Waals surface area contributed by atoms with Gasteiger partial charge in [-0.3, -0.25) is 4.79 Å². The standard InChI is InChI=1S/C11H14BrFN2O/c1-2-6-14-7-10(16)15-11-8(12)4-3-5-9(11)13/h3-5,14H,2,6-7H2,1H3,(H,15,16). The monoisotopic (exact) mass is 288 g/mol. The van der Waals surface area contributed by atoms with E-state index in [1.807, 2.05) is 6.92 Å². The molecule has 0 unspecified atom stereocenters. The van der Waals surface area contributed by atoms with Gasteiger partial charge in [0.05, 0.1) is 12.2 Å². The Labute approximate surface area is 103 Å². The summed E-state index contributed by atoms with van der Waals surface area (Å²) in [6.07, 6.45) is 0.955. The fraction of sp³-hybridized carbons (Fsp3) is 0.364. The molecule has 3 nitrogen and oxygen atoms in total. The predicted octanol–water partition coefficient (Wildman–Crippen LogP) is 2.53. The first kappa shape index (κ1) is 13.1. The molecule has 0 radical (unpaired) electrons. The van der Waals surface area contributed by atoms with E-state index in [1.54, 1.807) is 12.1 Å². The smallest absolute Gasteiger partial charge is 0.238 e. The topological polar surface area (TPSA) is 41.1 Å². The Morgan fingerprint density at radius 1 is 1.50 bits per heavy atom. The summed E-state index contributed by atoms with van der Waals surface area (Å²) in [5.41, 5.74) is 0.186. The Bertz CT molecular complexity index is 351. The average molecular weight is 289 g/mol. The second-order valence-electron chi connectivity index (χ2n) is 3.32. The number of hydrogen-bond donors (Lipinski definition) is 2. The van der Waals surface area contributed by atoms with Crippen molar-refractivity contribution < 1.29 is 9.18 Å². The van der Waals surface area contributed by atoms with Crippen molar-refractivity contribution in [3.05, 3.63) is 28.5 Å². The molecular formula is C11H14BrFN2O. The average Bonchev–Trinajstić information content (AvgIpc) is 2.24. The molecule has 1 aromatic rings. The molecule has 88 valence electrons. The van der Waals surface area contributed by atoms with Crippen molar-refractivity contribution in [3.8, 4) is 0 Å². The third-order valence-electron chi connectivity index (χ3n) is 1.94. The molecule has 0 saturated heterocycles. The lowest BCUT2D eigenvalue weighted by Crippen LogP contribution is -2.28. The van der Waals surface area contributed by atoms with Crippen molar-refractivity contribution in [3.63, 3.8) is 0 Å². The maximum atomic E-state index is 13.3. The molecule has 0 atom stereocenters. The maximum absolute atomic E-state index is 13.3. The molecular weight excluding hydrogens is 275 g/mol. The molecule has 0 fully saturated rings. The van der Waals surface area contributed by atoms with Crippen LogP contribution in [0.5, 0.6) is 0 Å². The molecule has 0 bridgehead atoms. The fourth-order valence-electron chi connectivity index (χ4n) is 1.18. The summed E-state index contributed by atoms with van der Waals surface area (Å²) in [5, 5.41) is 5.46. The minimum absolute atomic E-state index is 0.186. The Hall–Kier alpha value is -0.940. The summed E-state index contributed by atoms with van der Waals surface area (Å²) in [7, 11) is 0. The molecule has 0 heterocycles. The van der Waals surface area contributed by atoms with Gasteiger partial charge in [-0.05, 0) is 41.0 Å². The number of nitrogens with one attached hydrogen (secondary N) is 2. The molecule has 5 heteroatoms. The Balaban J connectivity index is 2.56. The number of amides is 1. The predicted molar refractivity (Wildman–Crippen MR) is 65.9 cm³/mol. The van der Waals surface area contributed by atoms with Crippen molar-refractivity contribution in [2.75, 3.05) is 18.4 Å². The van der Waals surface area contributed by atoms with Gasteiger partial charge in [0.1, 0.15) is 5.82 Å². The number of rotatable bonds is 5. The van der Waals surface area contributed by atoms with Crippen molar-refractivity contribution in [2.24, 2.45) is 0 Å². The van der Waals surface area contributed by atoms with Crippen LogP contribution in [0, 0.1) is 5.82 Å². The first-order valence-electron chi connectivity index (χ1n) is 5.09. The highest BCUT2D eigenvalue weighted by atomic mass is 79.9. The quantitative estimate of drug-likeness (QED) is 0.818. The van der Waals surface area contributed by atoms with Crippen LogP contribution in [0.25, 0.3) is 0 Å². The van der Waals surface area contributed by atoms with Crippen molar-refractivity contribution >= 4 is 27.5 Å². The molecule has 1 rings (SSSR count). The minimum Gasteiger partial charge on any atom is -0.322 e. The van der Waals surface area contributed by atoms with Crippen LogP contribution in [0.4, 0.5) is 10.1 Å². The summed E-state index contributed by atoms with van der Waals surface area (Å²) >= 11 is 3.18. The van der Waals surface area contributed by atoms with Crippen LogP contribution in [-0.2, 0) is 4.79 Å². The molecule has 0 aliphatic heterocycles. The number of carbonyl (C=O) groups excluding carboxylic acids is 1. The van der Waals surface area contributed by atoms with Gasteiger partial charge in [0.15, 0.2) is 0 Å². The number of halogens is 2. The SMILES string of the molecule is CCCNCC(=O)Nc1c(F)cccc1Br. The van der Waals surface area contributed by atoms with Crippen molar-refractivity contribution in [1.29, 1.82) is 0 Å². The number of para-hydroxylation sites is 1. The summed E-state index contributed by atoms with van der Waals surface area (Å²) < 4.78 is 13.9. The van der Waals surface area contributed by atoms with Crippen LogP contribution in [0.1, 0.15) is 13.3 Å². The summed E-state index contributed by atoms with van der Waals surface area (Å²) in [6.45, 7) is 2.97. The normalized spacial score (nSPS) is 10.2. The number of anilines is 1. The first-order chi connectivity index (χ1) is 7.65. The van der Waals surface area contributed by atoms with Crippen LogP contribution >= 0.6 is 15.9 Å². The van der Waals surface area contributed by atoms with Gasteiger partial charge in [-0.15, -0.1) is 0 Å². The van der Waals surface area contributed by atoms with E-state index in [0.29, 0.717) is 4.47 Å². The molecule has 0 spiro atoms. The third kappa shape index (κ3) is 3.90. The summed E-state index contributed by atoms with van der Waals surface area (Å²) in [4.78, 5) is 11.4. The van der Waals surface area contributed by atoms with Crippen LogP contribution in [0.2, 0.25) is 0 Å². The molecule has 0 saturated carbocycles. The molecule has 1 amide bonds. The molecule has 1 aromatic carbocycles. The maximum Gasteiger partial charge on any atom is 0.238 e. The second-order valence-corrected chi connectivity index (χ2v) is 4.18. The van der Waals surface area contributed by atoms with Gasteiger partial charge in [0.25, 0.3) is 0 Å². The zero-order valence-electron chi connectivity index (χ0n) is 9.02. The molecule has 0 aromatic heterocycles. The van der Waals surface area contributed by atoms with Crippen LogP contribution in [-0.4, -0.2) is 19.0 Å². The van der Waals surface area contributed by atoms with E-state index in [2.05, 4.69) is 26.6 Å². The van der Waals surface area contributed by atoms with E-state index in [9.17, 15) is 9.18 Å². The van der Waals surface area contributed by atoms with E-state index in [-0.39, 0.29) is 18.1 Å². The van der Waals surface area contributed by atoms with Crippen LogP contribution in [0.15, 0.2) is 22.7 Å². The highest BCUT2D eigenvalue weighted by Crippen LogP contribution is 2.24. The highest BCUT2D eigenvalue weighted by molar-refractivity contribution is 9.10. The largest absolute Gasteiger partial charge is 0.322 e. The van der Waals surface area contributed by atoms with Gasteiger partial charge in [0.2, 0.25) is 5.91 Å². The highest BCUT2D eigenvalue weighted by Gasteiger charge is 2.09. The zero-order valence-corrected chi connectivity index (χ0v) is 10.6. The molecule has 2 N–H and O–H groups in total. The van der Waals surface area contributed by atoms with Crippen molar-refractivity contribution in [1.82, 2.24) is 5.32 Å². The number of carbonyl (C=O) groups is 1. The van der Waals surface area contributed by atoms with Gasteiger partial charge in [0, 0.05) is 4.47 Å². The first-order valence-corrected chi connectivity index (χ1v) is 5.89. The molecule has 16 heavy (non-hydrogen) atoms. The van der Waals surface area contributed by atoms with E-state index in [1.165, 1.54) is 6.07 Å². The van der Waals surface area contributed by atoms with Gasteiger partial charge in [-0.25, -0.2) is 4.39 Å². The third-order valence-corrected chi connectivity index (χ3v) is 2.60. The Kier molecular flexibility index (Phi) is 5.42. The van der Waals surface area contributed by atoms with E-state index < -0.39 is 5.82 Å². The minimum atomic E-state index is -0.446.